The third-order valence-corrected chi connectivity index (χ3v) is 4.30. The number of carbonyl (C=O) groups is 1. The van der Waals surface area contributed by atoms with E-state index in [0.717, 1.165) is 21.5 Å². The third kappa shape index (κ3) is 2.20. The van der Waals surface area contributed by atoms with E-state index in [0.29, 0.717) is 18.7 Å². The molecule has 4 rings (SSSR count). The minimum atomic E-state index is -0.131. The van der Waals surface area contributed by atoms with Crippen LogP contribution >= 0.6 is 15.9 Å². The highest BCUT2D eigenvalue weighted by Gasteiger charge is 2.36. The molecular formula is C16H12BrN3O2. The Kier molecular flexibility index (Phi) is 3.18. The summed E-state index contributed by atoms with van der Waals surface area (Å²) in [5.41, 5.74) is 2.43. The number of amides is 1. The highest BCUT2D eigenvalue weighted by atomic mass is 79.9. The zero-order chi connectivity index (χ0) is 15.1. The van der Waals surface area contributed by atoms with Gasteiger partial charge in [-0.1, -0.05) is 15.9 Å². The zero-order valence-corrected chi connectivity index (χ0v) is 13.2. The van der Waals surface area contributed by atoms with Gasteiger partial charge >= 0.3 is 0 Å². The van der Waals surface area contributed by atoms with E-state index in [2.05, 4.69) is 26.0 Å². The molecule has 0 saturated carbocycles. The predicted molar refractivity (Wildman–Crippen MR) is 84.9 cm³/mol. The van der Waals surface area contributed by atoms with Crippen molar-refractivity contribution < 1.29 is 9.53 Å². The maximum atomic E-state index is 12.5. The van der Waals surface area contributed by atoms with E-state index in [4.69, 9.17) is 4.74 Å². The number of pyridine rings is 1. The molecular weight excluding hydrogens is 346 g/mol. The molecule has 2 aliphatic heterocycles. The summed E-state index contributed by atoms with van der Waals surface area (Å²) in [6.07, 6.45) is 3.21. The number of fused-ring (bicyclic) bond motifs is 3. The normalized spacial score (nSPS) is 19.0. The second kappa shape index (κ2) is 5.21. The zero-order valence-electron chi connectivity index (χ0n) is 11.6. The monoisotopic (exact) mass is 357 g/mol. The number of hydrazone groups is 1. The Morgan fingerprint density at radius 2 is 2.27 bits per heavy atom. The van der Waals surface area contributed by atoms with Crippen molar-refractivity contribution in [1.29, 1.82) is 0 Å². The molecule has 0 saturated heterocycles. The lowest BCUT2D eigenvalue weighted by atomic mass is 9.95. The maximum absolute atomic E-state index is 12.5. The van der Waals surface area contributed by atoms with Crippen LogP contribution in [0.5, 0.6) is 5.75 Å². The molecule has 1 amide bonds. The van der Waals surface area contributed by atoms with Crippen LogP contribution in [0.3, 0.4) is 0 Å². The molecule has 6 heteroatoms. The summed E-state index contributed by atoms with van der Waals surface area (Å²) in [4.78, 5) is 16.5. The van der Waals surface area contributed by atoms with Gasteiger partial charge in [0.05, 0.1) is 30.3 Å². The van der Waals surface area contributed by atoms with Gasteiger partial charge in [0, 0.05) is 22.4 Å². The number of ether oxygens (including phenoxy) is 1. The molecule has 2 aromatic rings. The highest BCUT2D eigenvalue weighted by Crippen LogP contribution is 2.34. The van der Waals surface area contributed by atoms with E-state index < -0.39 is 0 Å². The smallest absolute Gasteiger partial charge is 0.275 e. The lowest BCUT2D eigenvalue weighted by Crippen LogP contribution is -2.31. The molecule has 1 aromatic carbocycles. The fourth-order valence-corrected chi connectivity index (χ4v) is 3.08. The van der Waals surface area contributed by atoms with Gasteiger partial charge in [-0.15, -0.1) is 0 Å². The van der Waals surface area contributed by atoms with Gasteiger partial charge in [-0.05, 0) is 30.3 Å². The van der Waals surface area contributed by atoms with E-state index in [-0.39, 0.29) is 11.8 Å². The summed E-state index contributed by atoms with van der Waals surface area (Å²) >= 11 is 3.44. The van der Waals surface area contributed by atoms with E-state index in [1.165, 1.54) is 5.01 Å². The van der Waals surface area contributed by atoms with Crippen molar-refractivity contribution in [3.63, 3.8) is 0 Å². The molecule has 3 heterocycles. The number of nitrogens with zero attached hydrogens (tertiary/aromatic N) is 3. The molecule has 1 atom stereocenters. The highest BCUT2D eigenvalue weighted by molar-refractivity contribution is 9.10. The Bertz CT molecular complexity index is 776. The fraction of sp³-hybridized carbons (Fsp3) is 0.188. The second-order valence-corrected chi connectivity index (χ2v) is 6.18. The molecule has 110 valence electrons. The van der Waals surface area contributed by atoms with E-state index in [9.17, 15) is 4.79 Å². The summed E-state index contributed by atoms with van der Waals surface area (Å²) in [7, 11) is 0. The predicted octanol–water partition coefficient (Wildman–Crippen LogP) is 2.71. The average molecular weight is 358 g/mol. The van der Waals surface area contributed by atoms with Crippen LogP contribution in [0.15, 0.2) is 52.3 Å². The van der Waals surface area contributed by atoms with Crippen molar-refractivity contribution in [3.05, 3.63) is 58.3 Å². The largest absolute Gasteiger partial charge is 0.492 e. The molecule has 0 aliphatic carbocycles. The van der Waals surface area contributed by atoms with Gasteiger partial charge in [0.25, 0.3) is 5.91 Å². The van der Waals surface area contributed by atoms with Gasteiger partial charge in [0.1, 0.15) is 5.75 Å². The van der Waals surface area contributed by atoms with Gasteiger partial charge in [-0.25, -0.2) is 5.01 Å². The van der Waals surface area contributed by atoms with E-state index in [1.807, 2.05) is 18.2 Å². The molecule has 0 bridgehead atoms. The number of aromatic nitrogens is 1. The Morgan fingerprint density at radius 3 is 3.09 bits per heavy atom. The Labute approximate surface area is 135 Å². The molecule has 0 N–H and O–H groups in total. The fourth-order valence-electron chi connectivity index (χ4n) is 2.74. The first-order valence-corrected chi connectivity index (χ1v) is 7.75. The third-order valence-electron chi connectivity index (χ3n) is 3.81. The first-order valence-electron chi connectivity index (χ1n) is 6.95. The van der Waals surface area contributed by atoms with Gasteiger partial charge in [0.2, 0.25) is 0 Å². The van der Waals surface area contributed by atoms with Crippen LogP contribution in [0, 0.1) is 5.92 Å². The molecule has 0 spiro atoms. The SMILES string of the molecule is O=C(c1cccnc1)N1CC2COc3cc(Br)ccc3C2=N1. The minimum absolute atomic E-state index is 0.120. The quantitative estimate of drug-likeness (QED) is 0.788. The Hall–Kier alpha value is -2.21. The number of halogens is 1. The van der Waals surface area contributed by atoms with Crippen LogP contribution in [-0.4, -0.2) is 34.8 Å². The number of hydrogen-bond donors (Lipinski definition) is 0. The van der Waals surface area contributed by atoms with E-state index in [1.54, 1.807) is 24.5 Å². The number of carbonyl (C=O) groups excluding carboxylic acids is 1. The summed E-state index contributed by atoms with van der Waals surface area (Å²) in [5.74, 6) is 0.794. The lowest BCUT2D eigenvalue weighted by molar-refractivity contribution is 0.0760. The first kappa shape index (κ1) is 13.5. The van der Waals surface area contributed by atoms with Crippen LogP contribution in [0.25, 0.3) is 0 Å². The van der Waals surface area contributed by atoms with Crippen LogP contribution in [0.1, 0.15) is 15.9 Å². The standard InChI is InChI=1S/C16H12BrN3O2/c17-12-3-4-13-14(6-12)22-9-11-8-20(19-15(11)13)16(21)10-2-1-5-18-7-10/h1-7,11H,8-9H2. The summed E-state index contributed by atoms with van der Waals surface area (Å²) in [6, 6.07) is 9.36. The molecule has 1 aromatic heterocycles. The molecule has 2 aliphatic rings. The van der Waals surface area contributed by atoms with Gasteiger partial charge < -0.3 is 4.74 Å². The number of rotatable bonds is 1. The van der Waals surface area contributed by atoms with Gasteiger partial charge in [0.15, 0.2) is 0 Å². The molecule has 0 radical (unpaired) electrons. The van der Waals surface area contributed by atoms with Crippen LogP contribution < -0.4 is 4.74 Å². The molecule has 22 heavy (non-hydrogen) atoms. The maximum Gasteiger partial charge on any atom is 0.275 e. The van der Waals surface area contributed by atoms with Crippen molar-refractivity contribution in [2.45, 2.75) is 0 Å². The van der Waals surface area contributed by atoms with Gasteiger partial charge in [-0.2, -0.15) is 5.10 Å². The summed E-state index contributed by atoms with van der Waals surface area (Å²) in [5, 5.41) is 6.05. The molecule has 5 nitrogen and oxygen atoms in total. The Balaban J connectivity index is 1.68. The van der Waals surface area contributed by atoms with Crippen LogP contribution in [0.2, 0.25) is 0 Å². The van der Waals surface area contributed by atoms with E-state index >= 15 is 0 Å². The van der Waals surface area contributed by atoms with Crippen molar-refractivity contribution in [1.82, 2.24) is 9.99 Å². The second-order valence-electron chi connectivity index (χ2n) is 5.26. The van der Waals surface area contributed by atoms with Crippen molar-refractivity contribution in [3.8, 4) is 5.75 Å². The topological polar surface area (TPSA) is 54.8 Å². The van der Waals surface area contributed by atoms with Crippen molar-refractivity contribution in [2.75, 3.05) is 13.2 Å². The number of benzene rings is 1. The first-order chi connectivity index (χ1) is 10.7. The van der Waals surface area contributed by atoms with Crippen molar-refractivity contribution >= 4 is 27.5 Å². The molecule has 0 fully saturated rings. The van der Waals surface area contributed by atoms with Gasteiger partial charge in [-0.3, -0.25) is 9.78 Å². The van der Waals surface area contributed by atoms with Crippen LogP contribution in [-0.2, 0) is 0 Å². The minimum Gasteiger partial charge on any atom is -0.492 e. The van der Waals surface area contributed by atoms with Crippen molar-refractivity contribution in [2.24, 2.45) is 11.0 Å². The average Bonchev–Trinajstić information content (AvgIpc) is 2.99. The summed E-state index contributed by atoms with van der Waals surface area (Å²) in [6.45, 7) is 1.08. The summed E-state index contributed by atoms with van der Waals surface area (Å²) < 4.78 is 6.76. The Morgan fingerprint density at radius 1 is 1.36 bits per heavy atom. The molecule has 1 unspecified atom stereocenters. The van der Waals surface area contributed by atoms with Crippen LogP contribution in [0.4, 0.5) is 0 Å². The number of hydrogen-bond acceptors (Lipinski definition) is 4. The lowest BCUT2D eigenvalue weighted by Gasteiger charge is -2.22.